The molecule has 0 radical (unpaired) electrons. The third-order valence-electron chi connectivity index (χ3n) is 13.6. The Hall–Kier alpha value is -1.92. The average molecular weight is 943 g/mol. The van der Waals surface area contributed by atoms with E-state index in [1.54, 1.807) is 6.08 Å². The van der Waals surface area contributed by atoms with E-state index in [0.29, 0.717) is 19.4 Å². The number of hydrogen-bond donors (Lipinski definition) is 3. The molecule has 0 aliphatic heterocycles. The van der Waals surface area contributed by atoms with Crippen LogP contribution in [0, 0.1) is 0 Å². The lowest BCUT2D eigenvalue weighted by Crippen LogP contribution is -2.45. The normalized spacial score (nSPS) is 12.8. The summed E-state index contributed by atoms with van der Waals surface area (Å²) in [5.41, 5.74) is 0. The van der Waals surface area contributed by atoms with Crippen molar-refractivity contribution in [3.8, 4) is 0 Å². The van der Waals surface area contributed by atoms with E-state index >= 15 is 0 Å². The maximum atomic E-state index is 12.5. The minimum Gasteiger partial charge on any atom is -0.466 e. The van der Waals surface area contributed by atoms with Crippen LogP contribution in [-0.2, 0) is 14.3 Å². The fraction of sp³-hybridized carbons (Fsp3) is 0.869. The molecule has 0 rings (SSSR count). The molecule has 2 unspecified atom stereocenters. The first-order chi connectivity index (χ1) is 33.0. The van der Waals surface area contributed by atoms with E-state index in [-0.39, 0.29) is 18.5 Å². The molecule has 0 spiro atoms. The van der Waals surface area contributed by atoms with E-state index in [2.05, 4.69) is 43.5 Å². The van der Waals surface area contributed by atoms with Gasteiger partial charge < -0.3 is 20.3 Å². The van der Waals surface area contributed by atoms with Crippen LogP contribution in [0.3, 0.4) is 0 Å². The second-order valence-corrected chi connectivity index (χ2v) is 20.3. The summed E-state index contributed by atoms with van der Waals surface area (Å²) in [5.74, 6) is -0.131. The Morgan fingerprint density at radius 1 is 0.403 bits per heavy atom. The molecule has 0 aromatic carbocycles. The van der Waals surface area contributed by atoms with Crippen molar-refractivity contribution < 1.29 is 24.5 Å². The minimum absolute atomic E-state index is 0.0356. The van der Waals surface area contributed by atoms with Crippen LogP contribution in [0.2, 0.25) is 0 Å². The zero-order valence-corrected chi connectivity index (χ0v) is 44.9. The number of aliphatic hydroxyl groups is 2. The summed E-state index contributed by atoms with van der Waals surface area (Å²) in [7, 11) is 0. The number of aliphatic hydroxyl groups excluding tert-OH is 2. The molecule has 3 N–H and O–H groups in total. The quantitative estimate of drug-likeness (QED) is 0.0321. The van der Waals surface area contributed by atoms with Gasteiger partial charge in [-0.3, -0.25) is 9.59 Å². The van der Waals surface area contributed by atoms with Crippen LogP contribution in [-0.4, -0.2) is 47.4 Å². The van der Waals surface area contributed by atoms with Crippen LogP contribution in [0.15, 0.2) is 36.5 Å². The lowest BCUT2D eigenvalue weighted by Gasteiger charge is -2.20. The molecule has 6 heteroatoms. The van der Waals surface area contributed by atoms with E-state index in [0.717, 1.165) is 83.5 Å². The first-order valence-electron chi connectivity index (χ1n) is 29.8. The average Bonchev–Trinajstić information content (AvgIpc) is 3.33. The van der Waals surface area contributed by atoms with Crippen molar-refractivity contribution in [3.05, 3.63) is 36.5 Å². The Morgan fingerprint density at radius 2 is 0.701 bits per heavy atom. The van der Waals surface area contributed by atoms with Gasteiger partial charge in [-0.1, -0.05) is 256 Å². The summed E-state index contributed by atoms with van der Waals surface area (Å²) in [5, 5.41) is 23.2. The molecule has 67 heavy (non-hydrogen) atoms. The zero-order valence-electron chi connectivity index (χ0n) is 44.9. The number of carbonyl (C=O) groups is 2. The van der Waals surface area contributed by atoms with Gasteiger partial charge in [0.05, 0.1) is 25.4 Å². The van der Waals surface area contributed by atoms with Gasteiger partial charge in [0, 0.05) is 12.8 Å². The highest BCUT2D eigenvalue weighted by Crippen LogP contribution is 2.17. The van der Waals surface area contributed by atoms with Crippen LogP contribution < -0.4 is 5.32 Å². The third kappa shape index (κ3) is 53.3. The van der Waals surface area contributed by atoms with Gasteiger partial charge >= 0.3 is 5.97 Å². The van der Waals surface area contributed by atoms with Gasteiger partial charge in [-0.25, -0.2) is 0 Å². The molecule has 1 amide bonds. The number of carbonyl (C=O) groups excluding carboxylic acids is 2. The number of allylic oxidation sites excluding steroid dienone is 5. The summed E-state index contributed by atoms with van der Waals surface area (Å²) in [6.45, 7) is 4.84. The Balaban J connectivity index is 3.53. The lowest BCUT2D eigenvalue weighted by atomic mass is 10.0. The highest BCUT2D eigenvalue weighted by atomic mass is 16.5. The molecule has 0 fully saturated rings. The molecule has 394 valence electrons. The van der Waals surface area contributed by atoms with Crippen molar-refractivity contribution in [3.63, 3.8) is 0 Å². The topological polar surface area (TPSA) is 95.9 Å². The number of esters is 1. The van der Waals surface area contributed by atoms with Crippen LogP contribution in [0.25, 0.3) is 0 Å². The van der Waals surface area contributed by atoms with Crippen LogP contribution >= 0.6 is 0 Å². The molecule has 0 aromatic rings. The highest BCUT2D eigenvalue weighted by Gasteiger charge is 2.18. The Kier molecular flexibility index (Phi) is 55.0. The van der Waals surface area contributed by atoms with Gasteiger partial charge in [0.15, 0.2) is 0 Å². The van der Waals surface area contributed by atoms with Gasteiger partial charge in [0.2, 0.25) is 5.91 Å². The predicted molar refractivity (Wildman–Crippen MR) is 292 cm³/mol. The maximum absolute atomic E-state index is 12.5. The second kappa shape index (κ2) is 56.7. The highest BCUT2D eigenvalue weighted by molar-refractivity contribution is 5.76. The molecule has 0 saturated carbocycles. The number of hydrogen-bond acceptors (Lipinski definition) is 5. The predicted octanol–water partition coefficient (Wildman–Crippen LogP) is 18.4. The summed E-state index contributed by atoms with van der Waals surface area (Å²) in [6, 6.07) is -0.650. The van der Waals surface area contributed by atoms with E-state index in [4.69, 9.17) is 4.74 Å². The fourth-order valence-corrected chi connectivity index (χ4v) is 9.03. The first-order valence-corrected chi connectivity index (χ1v) is 29.8. The molecule has 0 saturated heterocycles. The summed E-state index contributed by atoms with van der Waals surface area (Å²) in [4.78, 5) is 24.6. The number of rotatable bonds is 55. The number of nitrogens with one attached hydrogen (secondary N) is 1. The second-order valence-electron chi connectivity index (χ2n) is 20.3. The van der Waals surface area contributed by atoms with Crippen molar-refractivity contribution in [2.45, 2.75) is 328 Å². The van der Waals surface area contributed by atoms with Gasteiger partial charge in [-0.15, -0.1) is 0 Å². The largest absolute Gasteiger partial charge is 0.466 e. The molecule has 0 heterocycles. The smallest absolute Gasteiger partial charge is 0.305 e. The van der Waals surface area contributed by atoms with E-state index in [1.165, 1.54) is 205 Å². The van der Waals surface area contributed by atoms with Crippen LogP contribution in [0.4, 0.5) is 0 Å². The van der Waals surface area contributed by atoms with Gasteiger partial charge in [-0.05, 0) is 83.5 Å². The monoisotopic (exact) mass is 942 g/mol. The molecule has 2 atom stereocenters. The molecule has 0 aromatic heterocycles. The lowest BCUT2D eigenvalue weighted by molar-refractivity contribution is -0.143. The molecule has 0 bridgehead atoms. The van der Waals surface area contributed by atoms with E-state index in [1.807, 2.05) is 6.08 Å². The molecule has 0 aliphatic rings. The SMILES string of the molecule is CCCCCCCCC/C=C\CCCCCCCCCC(=O)OCCCC/C=C\CCCCCCCC(=O)NC(CO)C(O)/C=C/CCCCCCCCCCCCCCCCCCCCC. The van der Waals surface area contributed by atoms with Gasteiger partial charge in [0.25, 0.3) is 0 Å². The number of unbranched alkanes of at least 4 members (excludes halogenated alkanes) is 40. The third-order valence-corrected chi connectivity index (χ3v) is 13.6. The van der Waals surface area contributed by atoms with E-state index in [9.17, 15) is 19.8 Å². The summed E-state index contributed by atoms with van der Waals surface area (Å²) < 4.78 is 5.45. The van der Waals surface area contributed by atoms with E-state index < -0.39 is 12.1 Å². The molecular weight excluding hydrogens is 827 g/mol. The van der Waals surface area contributed by atoms with Crippen molar-refractivity contribution in [1.29, 1.82) is 0 Å². The number of amides is 1. The summed E-state index contributed by atoms with van der Waals surface area (Å²) in [6.07, 6.45) is 70.3. The van der Waals surface area contributed by atoms with Gasteiger partial charge in [0.1, 0.15) is 0 Å². The van der Waals surface area contributed by atoms with Crippen molar-refractivity contribution in [2.75, 3.05) is 13.2 Å². The fourth-order valence-electron chi connectivity index (χ4n) is 9.03. The molecule has 0 aliphatic carbocycles. The first kappa shape index (κ1) is 65.1. The Morgan fingerprint density at radius 3 is 1.06 bits per heavy atom. The Bertz CT molecular complexity index is 1090. The van der Waals surface area contributed by atoms with Gasteiger partial charge in [-0.2, -0.15) is 0 Å². The standard InChI is InChI=1S/C61H115NO5/c1-3-5-7-9-11-13-15-17-19-21-23-24-25-26-28-30-33-37-41-45-49-53-59(64)58(57-63)62-60(65)54-50-46-42-38-34-32-36-40-44-48-52-56-67-61(66)55-51-47-43-39-35-31-29-27-22-20-18-16-14-12-10-8-6-4-2/h20,22,36,40,49,53,58-59,63-64H,3-19,21,23-35,37-39,41-48,50-52,54-57H2,1-2H3,(H,62,65)/b22-20-,40-36-,53-49+. The Labute approximate surface area is 417 Å². The van der Waals surface area contributed by atoms with Crippen LogP contribution in [0.5, 0.6) is 0 Å². The van der Waals surface area contributed by atoms with Crippen molar-refractivity contribution >= 4 is 11.9 Å². The molecular formula is C61H115NO5. The summed E-state index contributed by atoms with van der Waals surface area (Å²) >= 11 is 0. The molecule has 6 nitrogen and oxygen atoms in total. The minimum atomic E-state index is -0.864. The van der Waals surface area contributed by atoms with Crippen molar-refractivity contribution in [1.82, 2.24) is 5.32 Å². The van der Waals surface area contributed by atoms with Crippen molar-refractivity contribution in [2.24, 2.45) is 0 Å². The zero-order chi connectivity index (χ0) is 48.6. The van der Waals surface area contributed by atoms with Crippen LogP contribution in [0.1, 0.15) is 316 Å². The maximum Gasteiger partial charge on any atom is 0.305 e. The number of ether oxygens (including phenoxy) is 1.